The first-order chi connectivity index (χ1) is 32.4. The van der Waals surface area contributed by atoms with Gasteiger partial charge in [-0.3, -0.25) is 49.1 Å². The minimum absolute atomic E-state index is 0.00745. The van der Waals surface area contributed by atoms with E-state index in [1.165, 1.54) is 17.8 Å². The van der Waals surface area contributed by atoms with Crippen molar-refractivity contribution in [2.45, 2.75) is 89.6 Å². The minimum Gasteiger partial charge on any atom is -0.367 e. The first kappa shape index (κ1) is 46.3. The third-order valence-electron chi connectivity index (χ3n) is 13.7. The highest BCUT2D eigenvalue weighted by Gasteiger charge is 2.51. The van der Waals surface area contributed by atoms with Gasteiger partial charge >= 0.3 is 6.18 Å². The van der Waals surface area contributed by atoms with E-state index in [1.54, 1.807) is 10.9 Å². The molecule has 0 radical (unpaired) electrons. The van der Waals surface area contributed by atoms with E-state index in [1.807, 2.05) is 24.0 Å². The average molecular weight is 938 g/mol. The van der Waals surface area contributed by atoms with Gasteiger partial charge in [0.05, 0.1) is 40.8 Å². The Kier molecular flexibility index (Phi) is 12.5. The summed E-state index contributed by atoms with van der Waals surface area (Å²) in [4.78, 5) is 75.3. The second-order valence-electron chi connectivity index (χ2n) is 18.5. The van der Waals surface area contributed by atoms with Crippen molar-refractivity contribution in [3.8, 4) is 16.8 Å². The van der Waals surface area contributed by atoms with E-state index in [0.717, 1.165) is 99.2 Å². The fourth-order valence-electron chi connectivity index (χ4n) is 9.48. The molecule has 0 aliphatic carbocycles. The first-order valence-corrected chi connectivity index (χ1v) is 22.7. The smallest absolute Gasteiger partial charge is 0.367 e. The van der Waals surface area contributed by atoms with E-state index >= 15 is 4.39 Å². The van der Waals surface area contributed by atoms with Crippen molar-refractivity contribution in [3.05, 3.63) is 112 Å². The third kappa shape index (κ3) is 9.13. The fourth-order valence-corrected chi connectivity index (χ4v) is 9.48. The molecule has 4 aliphatic heterocycles. The standard InChI is InChI=1S/C48H51F4N11O5/c1-28-21-31(10-11-37(28)62-27-32(24-54-62)42(65)53-25-40-55-46(58-57-40)47(2,3)48(50,51)52)30-8-6-29(7-9-30)26-59-15-4-5-33(14-16-59)60-17-19-61(20-18-60)39-23-35-34(22-36(39)49)44(67)63(45(35)68)38-12-13-41(64)56-43(38)66/h6-11,21-24,27,33,38H,4-5,12-20,25-26H2,1-3H3,(H,53,65)(H,55,57,58)(H,56,64,66). The lowest BCUT2D eigenvalue weighted by molar-refractivity contribution is -0.182. The Labute approximate surface area is 389 Å². The average Bonchev–Trinajstić information content (AvgIpc) is 4.01. The van der Waals surface area contributed by atoms with Crippen molar-refractivity contribution < 1.29 is 41.5 Å². The number of aromatic nitrogens is 5. The zero-order valence-corrected chi connectivity index (χ0v) is 37.8. The van der Waals surface area contributed by atoms with Crippen molar-refractivity contribution in [2.75, 3.05) is 44.2 Å². The maximum absolute atomic E-state index is 15.6. The molecule has 9 rings (SSSR count). The molecule has 3 N–H and O–H groups in total. The summed E-state index contributed by atoms with van der Waals surface area (Å²) >= 11 is 0. The van der Waals surface area contributed by atoms with E-state index in [0.29, 0.717) is 19.1 Å². The molecule has 3 aromatic carbocycles. The fraction of sp³-hybridized carbons (Fsp3) is 0.417. The topological polar surface area (TPSA) is 182 Å². The zero-order chi connectivity index (χ0) is 48.1. The number of halogens is 4. The van der Waals surface area contributed by atoms with Crippen LogP contribution in [0.15, 0.2) is 67.0 Å². The number of likely N-dealkylation sites (tertiary alicyclic amines) is 1. The number of piperidine rings is 1. The molecule has 3 saturated heterocycles. The number of carbonyl (C=O) groups excluding carboxylic acids is 5. The van der Waals surface area contributed by atoms with Crippen LogP contribution < -0.4 is 15.5 Å². The Morgan fingerprint density at radius 2 is 1.57 bits per heavy atom. The molecule has 3 fully saturated rings. The number of hydrogen-bond acceptors (Lipinski definition) is 11. The lowest BCUT2D eigenvalue weighted by Crippen LogP contribution is -2.54. The highest BCUT2D eigenvalue weighted by atomic mass is 19.4. The Morgan fingerprint density at radius 3 is 2.28 bits per heavy atom. The van der Waals surface area contributed by atoms with E-state index in [4.69, 9.17) is 0 Å². The second kappa shape index (κ2) is 18.4. The number of alkyl halides is 3. The highest BCUT2D eigenvalue weighted by molar-refractivity contribution is 6.23. The Bertz CT molecular complexity index is 2780. The highest BCUT2D eigenvalue weighted by Crippen LogP contribution is 2.39. The molecule has 2 unspecified atom stereocenters. The number of amides is 5. The molecule has 0 bridgehead atoms. The number of nitrogens with zero attached hydrogens (tertiary/aromatic N) is 8. The second-order valence-corrected chi connectivity index (χ2v) is 18.5. The van der Waals surface area contributed by atoms with Crippen molar-refractivity contribution >= 4 is 35.2 Å². The monoisotopic (exact) mass is 937 g/mol. The van der Waals surface area contributed by atoms with E-state index in [2.05, 4.69) is 71.0 Å². The summed E-state index contributed by atoms with van der Waals surface area (Å²) in [5.41, 5.74) is 3.29. The molecule has 2 atom stereocenters. The van der Waals surface area contributed by atoms with Crippen LogP contribution in [-0.2, 0) is 28.1 Å². The summed E-state index contributed by atoms with van der Waals surface area (Å²) < 4.78 is 57.4. The number of anilines is 1. The molecule has 5 aromatic rings. The van der Waals surface area contributed by atoms with Gasteiger partial charge in [0.25, 0.3) is 17.7 Å². The molecule has 2 aromatic heterocycles. The van der Waals surface area contributed by atoms with E-state index < -0.39 is 58.8 Å². The Hall–Kier alpha value is -6.80. The van der Waals surface area contributed by atoms with Gasteiger partial charge in [-0.05, 0) is 106 Å². The maximum atomic E-state index is 15.6. The zero-order valence-electron chi connectivity index (χ0n) is 37.8. The molecule has 6 heterocycles. The number of aryl methyl sites for hydroxylation is 1. The van der Waals surface area contributed by atoms with Gasteiger partial charge in [-0.25, -0.2) is 14.1 Å². The third-order valence-corrected chi connectivity index (χ3v) is 13.7. The molecule has 0 saturated carbocycles. The molecular weight excluding hydrogens is 887 g/mol. The lowest BCUT2D eigenvalue weighted by Gasteiger charge is -2.40. The number of benzene rings is 3. The van der Waals surface area contributed by atoms with Crippen molar-refractivity contribution in [3.63, 3.8) is 0 Å². The Morgan fingerprint density at radius 1 is 0.853 bits per heavy atom. The van der Waals surface area contributed by atoms with Gasteiger partial charge in [-0.15, -0.1) is 0 Å². The summed E-state index contributed by atoms with van der Waals surface area (Å²) in [6, 6.07) is 16.4. The van der Waals surface area contributed by atoms with Gasteiger partial charge in [-0.2, -0.15) is 23.4 Å². The SMILES string of the molecule is Cc1cc(-c2ccc(CN3CCCC(N4CCN(c5cc6c(cc5F)C(=O)N(C5CCC(=O)NC5=O)C6=O)CC4)CC3)cc2)ccc1-n1cc(C(=O)NCc2nc(C(C)(C)C(F)(F)F)n[nH]2)cn1. The lowest BCUT2D eigenvalue weighted by atomic mass is 9.92. The van der Waals surface area contributed by atoms with Crippen LogP contribution in [0, 0.1) is 12.7 Å². The number of imide groups is 2. The van der Waals surface area contributed by atoms with Gasteiger partial charge in [0.2, 0.25) is 11.8 Å². The van der Waals surface area contributed by atoms with Gasteiger partial charge < -0.3 is 10.2 Å². The van der Waals surface area contributed by atoms with Crippen LogP contribution in [0.5, 0.6) is 0 Å². The van der Waals surface area contributed by atoms with Crippen molar-refractivity contribution in [1.29, 1.82) is 0 Å². The molecule has 4 aliphatic rings. The van der Waals surface area contributed by atoms with Crippen LogP contribution >= 0.6 is 0 Å². The quantitative estimate of drug-likeness (QED) is 0.113. The van der Waals surface area contributed by atoms with Crippen molar-refractivity contribution in [2.24, 2.45) is 0 Å². The van der Waals surface area contributed by atoms with Crippen LogP contribution in [0.25, 0.3) is 16.8 Å². The molecule has 5 amide bonds. The van der Waals surface area contributed by atoms with Crippen molar-refractivity contribution in [1.82, 2.24) is 50.3 Å². The van der Waals surface area contributed by atoms with Gasteiger partial charge in [0.1, 0.15) is 23.1 Å². The number of nitrogens with one attached hydrogen (secondary N) is 3. The number of piperazine rings is 1. The molecule has 0 spiro atoms. The largest absolute Gasteiger partial charge is 0.401 e. The summed E-state index contributed by atoms with van der Waals surface area (Å²) in [7, 11) is 0. The van der Waals surface area contributed by atoms with Crippen LogP contribution in [-0.4, -0.2) is 127 Å². The number of aromatic amines is 1. The van der Waals surface area contributed by atoms with Gasteiger partial charge in [0, 0.05) is 51.4 Å². The molecular formula is C48H51F4N11O5. The predicted octanol–water partition coefficient (Wildman–Crippen LogP) is 5.45. The molecule has 356 valence electrons. The van der Waals surface area contributed by atoms with E-state index in [-0.39, 0.29) is 47.6 Å². The first-order valence-electron chi connectivity index (χ1n) is 22.7. The normalized spacial score (nSPS) is 19.9. The predicted molar refractivity (Wildman–Crippen MR) is 240 cm³/mol. The number of carbonyl (C=O) groups is 5. The van der Waals surface area contributed by atoms with Gasteiger partial charge in [0.15, 0.2) is 5.82 Å². The Balaban J connectivity index is 0.747. The van der Waals surface area contributed by atoms with E-state index in [9.17, 15) is 37.1 Å². The number of rotatable bonds is 11. The van der Waals surface area contributed by atoms with Crippen LogP contribution in [0.4, 0.5) is 23.2 Å². The van der Waals surface area contributed by atoms with Crippen LogP contribution in [0.3, 0.4) is 0 Å². The number of H-pyrrole nitrogens is 1. The molecule has 16 nitrogen and oxygen atoms in total. The van der Waals surface area contributed by atoms with Crippen LogP contribution in [0.2, 0.25) is 0 Å². The number of hydrogen-bond donors (Lipinski definition) is 3. The number of fused-ring (bicyclic) bond motifs is 1. The van der Waals surface area contributed by atoms with Crippen LogP contribution in [0.1, 0.15) is 99.8 Å². The molecule has 20 heteroatoms. The summed E-state index contributed by atoms with van der Waals surface area (Å²) in [6.45, 7) is 9.12. The summed E-state index contributed by atoms with van der Waals surface area (Å²) in [5, 5.41) is 15.4. The molecule has 68 heavy (non-hydrogen) atoms. The summed E-state index contributed by atoms with van der Waals surface area (Å²) in [5.74, 6) is -3.92. The summed E-state index contributed by atoms with van der Waals surface area (Å²) in [6.07, 6.45) is 1.62. The van der Waals surface area contributed by atoms with Gasteiger partial charge in [-0.1, -0.05) is 30.3 Å². The maximum Gasteiger partial charge on any atom is 0.401 e. The minimum atomic E-state index is -4.54.